The Bertz CT molecular complexity index is 1000. The zero-order valence-electron chi connectivity index (χ0n) is 13.4. The van der Waals surface area contributed by atoms with Crippen LogP contribution in [0.3, 0.4) is 0 Å². The standard InChI is InChI=1S/C20H12Br2N2O2/c21-14-5-3-13(4-6-14)19-23-18(12-17-2-1-11-26-17)20(25)24(19)16-9-7-15(22)8-10-16/h1-12H/b18-12+. The van der Waals surface area contributed by atoms with Gasteiger partial charge in [-0.3, -0.25) is 9.69 Å². The molecule has 1 aliphatic heterocycles. The SMILES string of the molecule is O=C1/C(=C\c2ccco2)N=C(c2ccc(Br)cc2)N1c1ccc(Br)cc1. The lowest BCUT2D eigenvalue weighted by Gasteiger charge is -2.18. The van der Waals surface area contributed by atoms with Crippen LogP contribution in [0.1, 0.15) is 11.3 Å². The highest BCUT2D eigenvalue weighted by Gasteiger charge is 2.32. The van der Waals surface area contributed by atoms with Crippen molar-refractivity contribution in [1.29, 1.82) is 0 Å². The molecule has 0 aliphatic carbocycles. The molecule has 26 heavy (non-hydrogen) atoms. The molecule has 3 aromatic rings. The molecular weight excluding hydrogens is 460 g/mol. The van der Waals surface area contributed by atoms with Crippen molar-refractivity contribution in [2.45, 2.75) is 0 Å². The third-order valence-corrected chi connectivity index (χ3v) is 4.93. The van der Waals surface area contributed by atoms with Crippen molar-refractivity contribution in [3.05, 3.63) is 92.9 Å². The van der Waals surface area contributed by atoms with E-state index in [0.717, 1.165) is 20.2 Å². The molecule has 1 amide bonds. The first-order valence-electron chi connectivity index (χ1n) is 7.82. The Morgan fingerprint density at radius 2 is 1.58 bits per heavy atom. The average Bonchev–Trinajstić information content (AvgIpc) is 3.26. The first-order valence-corrected chi connectivity index (χ1v) is 9.40. The van der Waals surface area contributed by atoms with Gasteiger partial charge in [0.1, 0.15) is 17.3 Å². The molecule has 2 aromatic carbocycles. The number of carbonyl (C=O) groups excluding carboxylic acids is 1. The molecule has 2 heterocycles. The minimum absolute atomic E-state index is 0.193. The largest absolute Gasteiger partial charge is 0.465 e. The minimum Gasteiger partial charge on any atom is -0.465 e. The molecule has 6 heteroatoms. The number of halogens is 2. The number of hydrogen-bond donors (Lipinski definition) is 0. The zero-order chi connectivity index (χ0) is 18.1. The van der Waals surface area contributed by atoms with Crippen molar-refractivity contribution < 1.29 is 9.21 Å². The highest BCUT2D eigenvalue weighted by molar-refractivity contribution is 9.10. The van der Waals surface area contributed by atoms with E-state index in [9.17, 15) is 4.79 Å². The van der Waals surface area contributed by atoms with Crippen LogP contribution in [0.25, 0.3) is 6.08 Å². The monoisotopic (exact) mass is 470 g/mol. The first kappa shape index (κ1) is 17.0. The van der Waals surface area contributed by atoms with Crippen molar-refractivity contribution in [3.63, 3.8) is 0 Å². The minimum atomic E-state index is -0.193. The van der Waals surface area contributed by atoms with Gasteiger partial charge in [-0.15, -0.1) is 0 Å². The summed E-state index contributed by atoms with van der Waals surface area (Å²) in [4.78, 5) is 19.3. The van der Waals surface area contributed by atoms with E-state index in [2.05, 4.69) is 36.9 Å². The number of nitrogens with zero attached hydrogens (tertiary/aromatic N) is 2. The van der Waals surface area contributed by atoms with E-state index in [-0.39, 0.29) is 5.91 Å². The third-order valence-electron chi connectivity index (χ3n) is 3.87. The van der Waals surface area contributed by atoms with E-state index >= 15 is 0 Å². The van der Waals surface area contributed by atoms with Crippen LogP contribution >= 0.6 is 31.9 Å². The molecule has 0 saturated carbocycles. The molecule has 0 spiro atoms. The number of anilines is 1. The third kappa shape index (κ3) is 3.30. The number of amidine groups is 1. The molecule has 4 nitrogen and oxygen atoms in total. The maximum absolute atomic E-state index is 13.0. The Hall–Kier alpha value is -2.44. The molecule has 0 saturated heterocycles. The first-order chi connectivity index (χ1) is 12.6. The summed E-state index contributed by atoms with van der Waals surface area (Å²) in [5.74, 6) is 0.981. The number of aliphatic imine (C=N–C) groups is 1. The maximum Gasteiger partial charge on any atom is 0.282 e. The summed E-state index contributed by atoms with van der Waals surface area (Å²) in [6.45, 7) is 0. The Morgan fingerprint density at radius 3 is 2.19 bits per heavy atom. The highest BCUT2D eigenvalue weighted by atomic mass is 79.9. The average molecular weight is 472 g/mol. The number of hydrogen-bond acceptors (Lipinski definition) is 3. The van der Waals surface area contributed by atoms with Crippen molar-refractivity contribution >= 4 is 55.4 Å². The summed E-state index contributed by atoms with van der Waals surface area (Å²) in [5, 5.41) is 0. The topological polar surface area (TPSA) is 45.8 Å². The molecule has 0 atom stereocenters. The van der Waals surface area contributed by atoms with Gasteiger partial charge in [0.2, 0.25) is 0 Å². The zero-order valence-corrected chi connectivity index (χ0v) is 16.6. The second-order valence-electron chi connectivity index (χ2n) is 5.60. The van der Waals surface area contributed by atoms with Crippen molar-refractivity contribution in [3.8, 4) is 0 Å². The predicted molar refractivity (Wildman–Crippen MR) is 109 cm³/mol. The Kier molecular flexibility index (Phi) is 4.61. The van der Waals surface area contributed by atoms with Gasteiger partial charge in [-0.05, 0) is 48.5 Å². The number of amides is 1. The quantitative estimate of drug-likeness (QED) is 0.464. The van der Waals surface area contributed by atoms with Crippen LogP contribution in [0.2, 0.25) is 0 Å². The Balaban J connectivity index is 1.82. The molecule has 0 unspecified atom stereocenters. The van der Waals surface area contributed by atoms with E-state index in [1.807, 2.05) is 48.5 Å². The van der Waals surface area contributed by atoms with E-state index in [1.165, 1.54) is 0 Å². The van der Waals surface area contributed by atoms with Crippen molar-refractivity contribution in [2.75, 3.05) is 4.90 Å². The lowest BCUT2D eigenvalue weighted by atomic mass is 10.2. The van der Waals surface area contributed by atoms with Gasteiger partial charge in [-0.25, -0.2) is 4.99 Å². The predicted octanol–water partition coefficient (Wildman–Crippen LogP) is 5.64. The van der Waals surface area contributed by atoms with Gasteiger partial charge in [0, 0.05) is 20.6 Å². The second kappa shape index (κ2) is 7.05. The van der Waals surface area contributed by atoms with Crippen LogP contribution in [0.4, 0.5) is 5.69 Å². The van der Waals surface area contributed by atoms with Gasteiger partial charge >= 0.3 is 0 Å². The van der Waals surface area contributed by atoms with Crippen molar-refractivity contribution in [2.24, 2.45) is 4.99 Å². The molecule has 4 rings (SSSR count). The summed E-state index contributed by atoms with van der Waals surface area (Å²) in [5.41, 5.74) is 1.94. The summed E-state index contributed by atoms with van der Waals surface area (Å²) in [6.07, 6.45) is 3.22. The summed E-state index contributed by atoms with van der Waals surface area (Å²) < 4.78 is 7.24. The fraction of sp³-hybridized carbons (Fsp3) is 0. The fourth-order valence-corrected chi connectivity index (χ4v) is 3.18. The molecule has 1 aliphatic rings. The van der Waals surface area contributed by atoms with Gasteiger partial charge < -0.3 is 4.42 Å². The van der Waals surface area contributed by atoms with E-state index < -0.39 is 0 Å². The van der Waals surface area contributed by atoms with E-state index in [1.54, 1.807) is 29.4 Å². The van der Waals surface area contributed by atoms with E-state index in [0.29, 0.717) is 17.3 Å². The van der Waals surface area contributed by atoms with Crippen LogP contribution in [0.15, 0.2) is 91.0 Å². The highest BCUT2D eigenvalue weighted by Crippen LogP contribution is 2.29. The summed E-state index contributed by atoms with van der Waals surface area (Å²) >= 11 is 6.86. The number of carbonyl (C=O) groups is 1. The molecule has 1 aromatic heterocycles. The summed E-state index contributed by atoms with van der Waals surface area (Å²) in [7, 11) is 0. The van der Waals surface area contributed by atoms with Gasteiger partial charge in [-0.2, -0.15) is 0 Å². The number of rotatable bonds is 3. The lowest BCUT2D eigenvalue weighted by Crippen LogP contribution is -2.32. The maximum atomic E-state index is 13.0. The van der Waals surface area contributed by atoms with Crippen LogP contribution < -0.4 is 4.90 Å². The Labute approximate surface area is 167 Å². The second-order valence-corrected chi connectivity index (χ2v) is 7.44. The molecule has 0 N–H and O–H groups in total. The fourth-order valence-electron chi connectivity index (χ4n) is 2.65. The smallest absolute Gasteiger partial charge is 0.282 e. The Morgan fingerprint density at radius 1 is 0.923 bits per heavy atom. The molecular formula is C20H12Br2N2O2. The van der Waals surface area contributed by atoms with E-state index in [4.69, 9.17) is 4.42 Å². The van der Waals surface area contributed by atoms with Crippen LogP contribution in [-0.4, -0.2) is 11.7 Å². The lowest BCUT2D eigenvalue weighted by molar-refractivity contribution is -0.113. The van der Waals surface area contributed by atoms with Crippen LogP contribution in [0, 0.1) is 0 Å². The van der Waals surface area contributed by atoms with Crippen LogP contribution in [0.5, 0.6) is 0 Å². The molecule has 0 fully saturated rings. The van der Waals surface area contributed by atoms with Gasteiger partial charge in [0.25, 0.3) is 5.91 Å². The van der Waals surface area contributed by atoms with Crippen molar-refractivity contribution in [1.82, 2.24) is 0 Å². The van der Waals surface area contributed by atoms with Gasteiger partial charge in [0.05, 0.1) is 12.0 Å². The van der Waals surface area contributed by atoms with Gasteiger partial charge in [-0.1, -0.05) is 44.0 Å². The molecule has 128 valence electrons. The number of furan rings is 1. The van der Waals surface area contributed by atoms with Gasteiger partial charge in [0.15, 0.2) is 0 Å². The normalized spacial score (nSPS) is 15.6. The van der Waals surface area contributed by atoms with Crippen LogP contribution in [-0.2, 0) is 4.79 Å². The summed E-state index contributed by atoms with van der Waals surface area (Å²) in [6, 6.07) is 18.8. The molecule has 0 radical (unpaired) electrons. The number of benzene rings is 2. The molecule has 0 bridgehead atoms.